The molecule has 0 radical (unpaired) electrons. The number of hydrogen-bond acceptors (Lipinski definition) is 4. The molecule has 3 atom stereocenters. The molecule has 4 aliphatic carbocycles. The Labute approximate surface area is 316 Å². The molecule has 2 N–H and O–H groups in total. The monoisotopic (exact) mass is 720 g/mol. The van der Waals surface area contributed by atoms with Crippen LogP contribution in [0.15, 0.2) is 46.4 Å². The van der Waals surface area contributed by atoms with E-state index < -0.39 is 5.60 Å². The molecule has 0 bridgehead atoms. The molecule has 0 spiro atoms. The Hall–Kier alpha value is -1.10. The highest BCUT2D eigenvalue weighted by Gasteiger charge is 2.48. The maximum Gasteiger partial charge on any atom is 0.123 e. The van der Waals surface area contributed by atoms with Crippen LogP contribution in [0.1, 0.15) is 182 Å². The van der Waals surface area contributed by atoms with Gasteiger partial charge in [-0.25, -0.2) is 0 Å². The SMILES string of the molecule is CC(C)(C)C1=CC(C2(C)CCCCC2)C(C)(O)C(CSC2CCCCCCC2=CSCc2cc(C(C)(C)C)cc(C3(C)CCCCC3)c2O)=C1. The van der Waals surface area contributed by atoms with Gasteiger partial charge in [0, 0.05) is 33.8 Å². The van der Waals surface area contributed by atoms with Crippen LogP contribution in [0.2, 0.25) is 0 Å². The molecule has 0 saturated heterocycles. The summed E-state index contributed by atoms with van der Waals surface area (Å²) in [6.45, 7) is 20.9. The Bertz CT molecular complexity index is 1400. The summed E-state index contributed by atoms with van der Waals surface area (Å²) in [4.78, 5) is 0. The summed E-state index contributed by atoms with van der Waals surface area (Å²) < 4.78 is 0. The van der Waals surface area contributed by atoms with Crippen LogP contribution in [-0.4, -0.2) is 26.8 Å². The highest BCUT2D eigenvalue weighted by molar-refractivity contribution is 8.01. The van der Waals surface area contributed by atoms with Crippen molar-refractivity contribution in [1.82, 2.24) is 0 Å². The van der Waals surface area contributed by atoms with Gasteiger partial charge in [0.15, 0.2) is 0 Å². The van der Waals surface area contributed by atoms with Gasteiger partial charge in [-0.05, 0) is 95.6 Å². The number of phenols is 1. The van der Waals surface area contributed by atoms with Crippen LogP contribution in [0.5, 0.6) is 5.75 Å². The molecule has 5 rings (SSSR count). The van der Waals surface area contributed by atoms with E-state index >= 15 is 0 Å². The van der Waals surface area contributed by atoms with E-state index in [-0.39, 0.29) is 27.6 Å². The fraction of sp³-hybridized carbons (Fsp3) is 0.739. The van der Waals surface area contributed by atoms with Crippen molar-refractivity contribution in [2.75, 3.05) is 5.75 Å². The molecule has 1 aromatic carbocycles. The smallest absolute Gasteiger partial charge is 0.123 e. The number of rotatable bonds is 8. The second kappa shape index (κ2) is 16.1. The van der Waals surface area contributed by atoms with Gasteiger partial charge >= 0.3 is 0 Å². The van der Waals surface area contributed by atoms with Crippen LogP contribution in [0.25, 0.3) is 0 Å². The third kappa shape index (κ3) is 9.33. The Balaban J connectivity index is 1.38. The summed E-state index contributed by atoms with van der Waals surface area (Å²) in [6, 6.07) is 4.63. The van der Waals surface area contributed by atoms with Crippen LogP contribution in [-0.2, 0) is 16.6 Å². The van der Waals surface area contributed by atoms with Gasteiger partial charge in [-0.2, -0.15) is 0 Å². The zero-order chi connectivity index (χ0) is 36.4. The van der Waals surface area contributed by atoms with Gasteiger partial charge in [0.2, 0.25) is 0 Å². The average Bonchev–Trinajstić information content (AvgIpc) is 3.02. The van der Waals surface area contributed by atoms with Crippen molar-refractivity contribution in [2.24, 2.45) is 16.7 Å². The second-order valence-corrected chi connectivity index (χ2v) is 21.6. The van der Waals surface area contributed by atoms with Crippen LogP contribution < -0.4 is 0 Å². The lowest BCUT2D eigenvalue weighted by Gasteiger charge is -2.50. The van der Waals surface area contributed by atoms with Crippen molar-refractivity contribution in [3.8, 4) is 5.75 Å². The fourth-order valence-corrected chi connectivity index (χ4v) is 12.1. The highest BCUT2D eigenvalue weighted by Crippen LogP contribution is 2.53. The quantitative estimate of drug-likeness (QED) is 0.280. The molecule has 0 aromatic heterocycles. The van der Waals surface area contributed by atoms with Crippen molar-refractivity contribution >= 4 is 23.5 Å². The second-order valence-electron chi connectivity index (χ2n) is 19.5. The number of hydrogen-bond donors (Lipinski definition) is 2. The van der Waals surface area contributed by atoms with E-state index in [1.165, 1.54) is 119 Å². The van der Waals surface area contributed by atoms with E-state index in [0.29, 0.717) is 11.0 Å². The molecule has 0 heterocycles. The number of aromatic hydroxyl groups is 1. The zero-order valence-electron chi connectivity index (χ0n) is 33.5. The van der Waals surface area contributed by atoms with E-state index in [4.69, 9.17) is 0 Å². The van der Waals surface area contributed by atoms with Gasteiger partial charge in [-0.15, -0.1) is 23.5 Å². The van der Waals surface area contributed by atoms with Gasteiger partial charge in [0.25, 0.3) is 0 Å². The first-order chi connectivity index (χ1) is 23.4. The third-order valence-electron chi connectivity index (χ3n) is 13.2. The molecule has 4 aliphatic rings. The summed E-state index contributed by atoms with van der Waals surface area (Å²) in [5.74, 6) is 2.40. The van der Waals surface area contributed by atoms with Crippen LogP contribution in [0.3, 0.4) is 0 Å². The molecule has 50 heavy (non-hydrogen) atoms. The minimum atomic E-state index is -0.823. The average molecular weight is 721 g/mol. The summed E-state index contributed by atoms with van der Waals surface area (Å²) in [5, 5.41) is 27.2. The molecule has 3 fully saturated rings. The third-order valence-corrected chi connectivity index (χ3v) is 15.6. The molecule has 3 saturated carbocycles. The summed E-state index contributed by atoms with van der Waals surface area (Å²) in [7, 11) is 0. The first-order valence-electron chi connectivity index (χ1n) is 20.4. The first-order valence-corrected chi connectivity index (χ1v) is 22.5. The van der Waals surface area contributed by atoms with Gasteiger partial charge in [-0.1, -0.05) is 143 Å². The van der Waals surface area contributed by atoms with Gasteiger partial charge < -0.3 is 10.2 Å². The molecule has 2 nitrogen and oxygen atoms in total. The first kappa shape index (κ1) is 40.1. The molecule has 0 aliphatic heterocycles. The predicted octanol–water partition coefficient (Wildman–Crippen LogP) is 13.7. The summed E-state index contributed by atoms with van der Waals surface area (Å²) in [5.41, 5.74) is 7.32. The van der Waals surface area contributed by atoms with Crippen molar-refractivity contribution in [3.05, 3.63) is 63.1 Å². The topological polar surface area (TPSA) is 40.5 Å². The standard InChI is InChI=1S/C46H72O2S2/c1-42(2,3)35-26-34(41(47)38(28-35)44(7)22-16-12-17-23-44)31-49-30-33-20-14-10-11-15-21-39(33)50-32-37-27-36(43(4,5)6)29-40(46(37,9)48)45(8)24-18-13-19-25-45/h26-30,39-40,47-48H,10-25,31-32H2,1-9H3. The predicted molar refractivity (Wildman–Crippen MR) is 221 cm³/mol. The molecule has 1 aromatic rings. The van der Waals surface area contributed by atoms with Crippen molar-refractivity contribution in [3.63, 3.8) is 0 Å². The van der Waals surface area contributed by atoms with E-state index in [0.717, 1.165) is 23.5 Å². The number of phenolic OH excluding ortho intramolecular Hbond substituents is 1. The van der Waals surface area contributed by atoms with E-state index in [9.17, 15) is 10.2 Å². The van der Waals surface area contributed by atoms with Gasteiger partial charge in [-0.3, -0.25) is 0 Å². The van der Waals surface area contributed by atoms with Crippen molar-refractivity contribution < 1.29 is 10.2 Å². The molecular formula is C46H72O2S2. The largest absolute Gasteiger partial charge is 0.507 e. The van der Waals surface area contributed by atoms with Gasteiger partial charge in [0.1, 0.15) is 5.75 Å². The lowest BCUT2D eigenvalue weighted by Crippen LogP contribution is -2.48. The Kier molecular flexibility index (Phi) is 12.9. The highest BCUT2D eigenvalue weighted by atomic mass is 32.2. The minimum absolute atomic E-state index is 0.0388. The Morgan fingerprint density at radius 2 is 1.40 bits per heavy atom. The summed E-state index contributed by atoms with van der Waals surface area (Å²) >= 11 is 3.98. The normalized spacial score (nSPS) is 28.8. The lowest BCUT2D eigenvalue weighted by molar-refractivity contribution is -0.0230. The van der Waals surface area contributed by atoms with Gasteiger partial charge in [0.05, 0.1) is 5.60 Å². The van der Waals surface area contributed by atoms with E-state index in [2.05, 4.69) is 104 Å². The summed E-state index contributed by atoms with van der Waals surface area (Å²) in [6.07, 6.45) is 24.9. The van der Waals surface area contributed by atoms with Crippen LogP contribution in [0, 0.1) is 16.7 Å². The molecular weight excluding hydrogens is 649 g/mol. The molecule has 280 valence electrons. The van der Waals surface area contributed by atoms with Crippen LogP contribution >= 0.6 is 23.5 Å². The van der Waals surface area contributed by atoms with Crippen LogP contribution in [0.4, 0.5) is 0 Å². The van der Waals surface area contributed by atoms with Crippen molar-refractivity contribution in [1.29, 1.82) is 0 Å². The van der Waals surface area contributed by atoms with Crippen molar-refractivity contribution in [2.45, 2.75) is 192 Å². The number of thioether (sulfide) groups is 2. The maximum atomic E-state index is 12.4. The minimum Gasteiger partial charge on any atom is -0.507 e. The lowest BCUT2D eigenvalue weighted by atomic mass is 9.58. The molecule has 3 unspecified atom stereocenters. The molecule has 4 heteroatoms. The number of allylic oxidation sites excluding steroid dienone is 2. The number of benzene rings is 1. The number of aliphatic hydroxyl groups is 1. The Morgan fingerprint density at radius 3 is 2.04 bits per heavy atom. The zero-order valence-corrected chi connectivity index (χ0v) is 35.1. The maximum absolute atomic E-state index is 12.4. The van der Waals surface area contributed by atoms with E-state index in [1.807, 2.05) is 11.8 Å². The fourth-order valence-electron chi connectivity index (χ4n) is 9.54. The molecule has 0 amide bonds. The Morgan fingerprint density at radius 1 is 0.780 bits per heavy atom. The van der Waals surface area contributed by atoms with E-state index in [1.54, 1.807) is 5.57 Å².